The van der Waals surface area contributed by atoms with E-state index in [1.807, 2.05) is 0 Å². The van der Waals surface area contributed by atoms with Crippen LogP contribution >= 0.6 is 35.2 Å². The molecule has 146 valence electrons. The van der Waals surface area contributed by atoms with Crippen LogP contribution in [-0.2, 0) is 12.8 Å². The van der Waals surface area contributed by atoms with E-state index in [0.717, 1.165) is 24.8 Å². The van der Waals surface area contributed by atoms with E-state index in [2.05, 4.69) is 37.5 Å². The van der Waals surface area contributed by atoms with Crippen LogP contribution in [0.4, 0.5) is 5.00 Å². The third-order valence-electron chi connectivity index (χ3n) is 5.17. The van der Waals surface area contributed by atoms with E-state index in [-0.39, 0.29) is 16.4 Å². The fourth-order valence-electron chi connectivity index (χ4n) is 3.48. The van der Waals surface area contributed by atoms with Crippen molar-refractivity contribution in [2.75, 3.05) is 5.32 Å². The highest BCUT2D eigenvalue weighted by Gasteiger charge is 2.32. The second kappa shape index (κ2) is 8.20. The number of nitriles is 1. The number of amides is 1. The van der Waals surface area contributed by atoms with E-state index in [1.54, 1.807) is 35.6 Å². The lowest BCUT2D eigenvalue weighted by Gasteiger charge is -2.33. The van der Waals surface area contributed by atoms with Crippen LogP contribution < -0.4 is 10.6 Å². The van der Waals surface area contributed by atoms with Crippen LogP contribution in [0.5, 0.6) is 0 Å². The molecule has 1 aromatic heterocycles. The molecule has 0 radical (unpaired) electrons. The topological polar surface area (TPSA) is 64.9 Å². The molecule has 0 bridgehead atoms. The first-order valence-corrected chi connectivity index (χ1v) is 10.7. The maximum absolute atomic E-state index is 12.4. The summed E-state index contributed by atoms with van der Waals surface area (Å²) in [6.07, 6.45) is 2.95. The molecule has 0 spiro atoms. The molecule has 4 nitrogen and oxygen atoms in total. The van der Waals surface area contributed by atoms with Crippen molar-refractivity contribution < 1.29 is 4.79 Å². The summed E-state index contributed by atoms with van der Waals surface area (Å²) < 4.78 is 0. The number of anilines is 1. The van der Waals surface area contributed by atoms with Crippen molar-refractivity contribution in [3.05, 3.63) is 50.9 Å². The molecule has 7 heteroatoms. The second-order valence-electron chi connectivity index (χ2n) is 8.01. The van der Waals surface area contributed by atoms with E-state index < -0.39 is 0 Å². The Labute approximate surface area is 179 Å². The van der Waals surface area contributed by atoms with Crippen LogP contribution in [0.15, 0.2) is 24.3 Å². The molecule has 0 unspecified atom stereocenters. The van der Waals surface area contributed by atoms with Crippen LogP contribution in [-0.4, -0.2) is 11.0 Å². The van der Waals surface area contributed by atoms with Gasteiger partial charge in [-0.2, -0.15) is 5.26 Å². The summed E-state index contributed by atoms with van der Waals surface area (Å²) in [4.78, 5) is 13.6. The average Bonchev–Trinajstić information content (AvgIpc) is 2.97. The number of hydrogen-bond donors (Lipinski definition) is 2. The largest absolute Gasteiger partial charge is 0.323 e. The number of thiocarbonyl (C=S) groups is 1. The average molecular weight is 432 g/mol. The summed E-state index contributed by atoms with van der Waals surface area (Å²) >= 11 is 12.9. The third-order valence-corrected chi connectivity index (χ3v) is 6.88. The van der Waals surface area contributed by atoms with Crippen molar-refractivity contribution in [2.24, 2.45) is 11.3 Å². The van der Waals surface area contributed by atoms with Crippen LogP contribution in [0.25, 0.3) is 0 Å². The molecule has 1 amide bonds. The Morgan fingerprint density at radius 1 is 1.36 bits per heavy atom. The van der Waals surface area contributed by atoms with Crippen LogP contribution in [0, 0.1) is 22.7 Å². The molecule has 1 aliphatic carbocycles. The standard InChI is InChI=1S/C21H22ClN3OS2/c1-21(2,3)12-8-9-13-15(11-23)19(28-17(13)10-12)25-20(27)24-18(26)14-6-4-5-7-16(14)22/h4-7,12H,8-10H2,1-3H3,(H2,24,25,26,27)/t12-/m0/s1. The van der Waals surface area contributed by atoms with Gasteiger partial charge in [0, 0.05) is 4.88 Å². The summed E-state index contributed by atoms with van der Waals surface area (Å²) in [5.41, 5.74) is 2.35. The minimum Gasteiger partial charge on any atom is -0.323 e. The second-order valence-corrected chi connectivity index (χ2v) is 9.93. The zero-order valence-electron chi connectivity index (χ0n) is 16.1. The van der Waals surface area contributed by atoms with Gasteiger partial charge in [-0.15, -0.1) is 11.3 Å². The van der Waals surface area contributed by atoms with Gasteiger partial charge in [0.25, 0.3) is 5.91 Å². The van der Waals surface area contributed by atoms with E-state index >= 15 is 0 Å². The number of rotatable bonds is 2. The lowest BCUT2D eigenvalue weighted by molar-refractivity contribution is 0.0978. The number of nitrogens with zero attached hydrogens (tertiary/aromatic N) is 1. The smallest absolute Gasteiger partial charge is 0.258 e. The Balaban J connectivity index is 1.75. The van der Waals surface area contributed by atoms with Crippen molar-refractivity contribution in [2.45, 2.75) is 40.0 Å². The molecule has 0 saturated carbocycles. The number of carbonyl (C=O) groups excluding carboxylic acids is 1. The summed E-state index contributed by atoms with van der Waals surface area (Å²) in [6, 6.07) is 9.10. The first kappa shape index (κ1) is 20.8. The van der Waals surface area contributed by atoms with Crippen molar-refractivity contribution in [3.8, 4) is 6.07 Å². The molecule has 0 fully saturated rings. The van der Waals surface area contributed by atoms with Gasteiger partial charge in [-0.05, 0) is 60.5 Å². The van der Waals surface area contributed by atoms with Gasteiger partial charge in [-0.3, -0.25) is 10.1 Å². The first-order chi connectivity index (χ1) is 13.2. The molecule has 0 saturated heterocycles. The number of halogens is 1. The number of carbonyl (C=O) groups is 1. The Hall–Kier alpha value is -1.94. The monoisotopic (exact) mass is 431 g/mol. The van der Waals surface area contributed by atoms with E-state index in [9.17, 15) is 10.1 Å². The number of fused-ring (bicyclic) bond motifs is 1. The minimum absolute atomic E-state index is 0.160. The zero-order valence-corrected chi connectivity index (χ0v) is 18.4. The highest BCUT2D eigenvalue weighted by molar-refractivity contribution is 7.80. The molecule has 28 heavy (non-hydrogen) atoms. The number of nitrogens with one attached hydrogen (secondary N) is 2. The fourth-order valence-corrected chi connectivity index (χ4v) is 5.24. The van der Waals surface area contributed by atoms with Crippen LogP contribution in [0.1, 0.15) is 53.6 Å². The highest BCUT2D eigenvalue weighted by Crippen LogP contribution is 2.43. The lowest BCUT2D eigenvalue weighted by atomic mass is 9.72. The molecule has 1 aliphatic rings. The van der Waals surface area contributed by atoms with Gasteiger partial charge in [0.15, 0.2) is 5.11 Å². The molecule has 3 rings (SSSR count). The number of hydrogen-bond acceptors (Lipinski definition) is 4. The highest BCUT2D eigenvalue weighted by atomic mass is 35.5. The number of thiophene rings is 1. The predicted molar refractivity (Wildman–Crippen MR) is 119 cm³/mol. The molecule has 2 aromatic rings. The van der Waals surface area contributed by atoms with E-state index in [1.165, 1.54) is 4.88 Å². The molecular formula is C21H22ClN3OS2. The van der Waals surface area contributed by atoms with Crippen molar-refractivity contribution in [1.82, 2.24) is 5.32 Å². The molecule has 2 N–H and O–H groups in total. The maximum atomic E-state index is 12.4. The SMILES string of the molecule is CC(C)(C)[C@H]1CCc2c(sc(NC(=S)NC(=O)c3ccccc3Cl)c2C#N)C1. The van der Waals surface area contributed by atoms with Gasteiger partial charge in [0.1, 0.15) is 11.1 Å². The van der Waals surface area contributed by atoms with Gasteiger partial charge >= 0.3 is 0 Å². The molecular weight excluding hydrogens is 410 g/mol. The Morgan fingerprint density at radius 2 is 2.07 bits per heavy atom. The van der Waals surface area contributed by atoms with Crippen LogP contribution in [0.2, 0.25) is 5.02 Å². The Kier molecular flexibility index (Phi) is 6.09. The summed E-state index contributed by atoms with van der Waals surface area (Å²) in [5.74, 6) is 0.209. The van der Waals surface area contributed by atoms with Crippen molar-refractivity contribution >= 4 is 51.2 Å². The molecule has 1 aromatic carbocycles. The summed E-state index contributed by atoms with van der Waals surface area (Å²) in [5, 5.41) is 16.6. The first-order valence-electron chi connectivity index (χ1n) is 9.12. The number of benzene rings is 1. The van der Waals surface area contributed by atoms with Gasteiger partial charge in [0.2, 0.25) is 0 Å². The Bertz CT molecular complexity index is 969. The predicted octanol–water partition coefficient (Wildman–Crippen LogP) is 5.55. The maximum Gasteiger partial charge on any atom is 0.258 e. The summed E-state index contributed by atoms with van der Waals surface area (Å²) in [7, 11) is 0. The molecule has 1 atom stereocenters. The minimum atomic E-state index is -0.379. The van der Waals surface area contributed by atoms with Crippen molar-refractivity contribution in [3.63, 3.8) is 0 Å². The van der Waals surface area contributed by atoms with E-state index in [0.29, 0.717) is 27.1 Å². The fraction of sp³-hybridized carbons (Fsp3) is 0.381. The van der Waals surface area contributed by atoms with E-state index in [4.69, 9.17) is 23.8 Å². The van der Waals surface area contributed by atoms with Gasteiger partial charge < -0.3 is 5.32 Å². The van der Waals surface area contributed by atoms with Gasteiger partial charge in [0.05, 0.1) is 16.1 Å². The van der Waals surface area contributed by atoms with Crippen molar-refractivity contribution in [1.29, 1.82) is 5.26 Å². The van der Waals surface area contributed by atoms with Crippen LogP contribution in [0.3, 0.4) is 0 Å². The Morgan fingerprint density at radius 3 is 2.71 bits per heavy atom. The molecule has 1 heterocycles. The molecule has 0 aliphatic heterocycles. The normalized spacial score (nSPS) is 16.0. The summed E-state index contributed by atoms with van der Waals surface area (Å²) in [6.45, 7) is 6.79. The van der Waals surface area contributed by atoms with Gasteiger partial charge in [-0.25, -0.2) is 0 Å². The zero-order chi connectivity index (χ0) is 20.5. The quantitative estimate of drug-likeness (QED) is 0.611. The van der Waals surface area contributed by atoms with Gasteiger partial charge in [-0.1, -0.05) is 44.5 Å². The lowest BCUT2D eigenvalue weighted by Crippen LogP contribution is -2.34. The third kappa shape index (κ3) is 4.38.